The molecule has 0 unspecified atom stereocenters. The molecule has 1 aromatic carbocycles. The number of hydrogen-bond donors (Lipinski definition) is 1. The molecule has 0 saturated carbocycles. The monoisotopic (exact) mass is 235 g/mol. The van der Waals surface area contributed by atoms with E-state index >= 15 is 0 Å². The molecular formula is C14H21NO2. The van der Waals surface area contributed by atoms with Crippen molar-refractivity contribution in [3.8, 4) is 5.75 Å². The van der Waals surface area contributed by atoms with Gasteiger partial charge in [0.05, 0.1) is 6.61 Å². The molecule has 0 atom stereocenters. The highest BCUT2D eigenvalue weighted by atomic mass is 16.5. The number of ketones is 1. The van der Waals surface area contributed by atoms with Crippen molar-refractivity contribution in [1.29, 1.82) is 0 Å². The predicted molar refractivity (Wildman–Crippen MR) is 70.4 cm³/mol. The predicted octanol–water partition coefficient (Wildman–Crippen LogP) is 3.29. The molecule has 3 nitrogen and oxygen atoms in total. The van der Waals surface area contributed by atoms with Crippen molar-refractivity contribution < 1.29 is 9.53 Å². The third-order valence-electron chi connectivity index (χ3n) is 2.52. The van der Waals surface area contributed by atoms with E-state index in [1.54, 1.807) is 18.2 Å². The smallest absolute Gasteiger partial charge is 0.162 e. The third kappa shape index (κ3) is 4.47. The average Bonchev–Trinajstić information content (AvgIpc) is 2.18. The van der Waals surface area contributed by atoms with Gasteiger partial charge in [-0.15, -0.1) is 0 Å². The number of ether oxygens (including phenoxy) is 1. The minimum Gasteiger partial charge on any atom is -0.494 e. The van der Waals surface area contributed by atoms with Crippen LogP contribution in [0.5, 0.6) is 5.75 Å². The van der Waals surface area contributed by atoms with Crippen LogP contribution in [-0.2, 0) is 0 Å². The van der Waals surface area contributed by atoms with Crippen LogP contribution in [0.1, 0.15) is 44.5 Å². The van der Waals surface area contributed by atoms with Gasteiger partial charge in [0.1, 0.15) is 5.75 Å². The summed E-state index contributed by atoms with van der Waals surface area (Å²) in [6.45, 7) is 8.65. The Kier molecular flexibility index (Phi) is 4.16. The van der Waals surface area contributed by atoms with Crippen LogP contribution < -0.4 is 10.5 Å². The maximum atomic E-state index is 11.3. The molecule has 2 N–H and O–H groups in total. The van der Waals surface area contributed by atoms with Crippen LogP contribution >= 0.6 is 0 Å². The first kappa shape index (κ1) is 13.6. The van der Waals surface area contributed by atoms with Crippen LogP contribution in [0.4, 0.5) is 5.69 Å². The lowest BCUT2D eigenvalue weighted by molar-refractivity contribution is 0.101. The van der Waals surface area contributed by atoms with Gasteiger partial charge in [0, 0.05) is 11.3 Å². The Bertz CT molecular complexity index is 405. The quantitative estimate of drug-likeness (QED) is 0.643. The lowest BCUT2D eigenvalue weighted by atomic mass is 9.93. The molecule has 0 aromatic heterocycles. The Hall–Kier alpha value is -1.51. The molecule has 0 heterocycles. The van der Waals surface area contributed by atoms with Gasteiger partial charge in [0.15, 0.2) is 5.78 Å². The van der Waals surface area contributed by atoms with Gasteiger partial charge in [-0.25, -0.2) is 0 Å². The molecule has 0 saturated heterocycles. The number of nitrogen functional groups attached to an aromatic ring is 1. The minimum absolute atomic E-state index is 0.0382. The molecule has 0 fully saturated rings. The normalized spacial score (nSPS) is 11.3. The number of carbonyl (C=O) groups excluding carboxylic acids is 1. The van der Waals surface area contributed by atoms with Crippen LogP contribution in [-0.4, -0.2) is 12.4 Å². The number of nitrogens with two attached hydrogens (primary N) is 1. The van der Waals surface area contributed by atoms with Gasteiger partial charge in [-0.3, -0.25) is 4.79 Å². The van der Waals surface area contributed by atoms with E-state index in [0.717, 1.165) is 6.42 Å². The molecule has 0 aliphatic carbocycles. The maximum absolute atomic E-state index is 11.3. The fourth-order valence-electron chi connectivity index (χ4n) is 1.41. The van der Waals surface area contributed by atoms with Crippen molar-refractivity contribution in [2.24, 2.45) is 5.41 Å². The molecule has 0 aliphatic rings. The summed E-state index contributed by atoms with van der Waals surface area (Å²) in [5.74, 6) is 0.664. The number of Topliss-reactive ketones (excluding diaryl/α,β-unsaturated/α-hetero) is 1. The Morgan fingerprint density at radius 2 is 2.00 bits per heavy atom. The number of rotatable bonds is 4. The van der Waals surface area contributed by atoms with Gasteiger partial charge in [0.25, 0.3) is 0 Å². The largest absolute Gasteiger partial charge is 0.494 e. The first-order valence-corrected chi connectivity index (χ1v) is 5.83. The molecule has 94 valence electrons. The van der Waals surface area contributed by atoms with E-state index in [-0.39, 0.29) is 11.2 Å². The van der Waals surface area contributed by atoms with Crippen LogP contribution in [0.2, 0.25) is 0 Å². The Balaban J connectivity index is 2.67. The van der Waals surface area contributed by atoms with Crippen molar-refractivity contribution in [2.45, 2.75) is 34.1 Å². The molecule has 1 aromatic rings. The zero-order valence-corrected chi connectivity index (χ0v) is 11.0. The molecule has 3 heteroatoms. The summed E-state index contributed by atoms with van der Waals surface area (Å²) in [6, 6.07) is 5.22. The summed E-state index contributed by atoms with van der Waals surface area (Å²) in [6.07, 6.45) is 0.965. The van der Waals surface area contributed by atoms with E-state index in [2.05, 4.69) is 20.8 Å². The lowest BCUT2D eigenvalue weighted by Crippen LogP contribution is -2.11. The number of hydrogen-bond acceptors (Lipinski definition) is 3. The van der Waals surface area contributed by atoms with E-state index < -0.39 is 0 Å². The topological polar surface area (TPSA) is 52.3 Å². The second kappa shape index (κ2) is 5.21. The standard InChI is InChI=1S/C14H21NO2/c1-10(16)12-9-11(5-6-13(12)15)17-8-7-14(2,3)4/h5-6,9H,7-8,15H2,1-4H3. The summed E-state index contributed by atoms with van der Waals surface area (Å²) in [4.78, 5) is 11.3. The zero-order valence-electron chi connectivity index (χ0n) is 11.0. The molecule has 0 radical (unpaired) electrons. The van der Waals surface area contributed by atoms with Gasteiger partial charge in [0.2, 0.25) is 0 Å². The Morgan fingerprint density at radius 3 is 2.53 bits per heavy atom. The van der Waals surface area contributed by atoms with Crippen molar-refractivity contribution >= 4 is 11.5 Å². The second-order valence-electron chi connectivity index (χ2n) is 5.46. The molecule has 0 aliphatic heterocycles. The summed E-state index contributed by atoms with van der Waals surface area (Å²) < 4.78 is 5.62. The summed E-state index contributed by atoms with van der Waals surface area (Å²) in [5, 5.41) is 0. The van der Waals surface area contributed by atoms with Gasteiger partial charge < -0.3 is 10.5 Å². The van der Waals surface area contributed by atoms with Gasteiger partial charge in [-0.1, -0.05) is 20.8 Å². The molecule has 17 heavy (non-hydrogen) atoms. The van der Waals surface area contributed by atoms with E-state index in [1.165, 1.54) is 6.92 Å². The van der Waals surface area contributed by atoms with Crippen LogP contribution in [0.15, 0.2) is 18.2 Å². The van der Waals surface area contributed by atoms with Crippen LogP contribution in [0.3, 0.4) is 0 Å². The van der Waals surface area contributed by atoms with Crippen molar-refractivity contribution in [2.75, 3.05) is 12.3 Å². The molecular weight excluding hydrogens is 214 g/mol. The first-order valence-electron chi connectivity index (χ1n) is 5.83. The second-order valence-corrected chi connectivity index (χ2v) is 5.46. The summed E-state index contributed by atoms with van der Waals surface area (Å²) in [7, 11) is 0. The zero-order chi connectivity index (χ0) is 13.1. The van der Waals surface area contributed by atoms with E-state index in [4.69, 9.17) is 10.5 Å². The summed E-state index contributed by atoms with van der Waals surface area (Å²) >= 11 is 0. The molecule has 0 bridgehead atoms. The average molecular weight is 235 g/mol. The van der Waals surface area contributed by atoms with E-state index in [9.17, 15) is 4.79 Å². The fourth-order valence-corrected chi connectivity index (χ4v) is 1.41. The number of carbonyl (C=O) groups is 1. The summed E-state index contributed by atoms with van der Waals surface area (Å²) in [5.41, 5.74) is 6.99. The fraction of sp³-hybridized carbons (Fsp3) is 0.500. The van der Waals surface area contributed by atoms with E-state index in [0.29, 0.717) is 23.6 Å². The molecule has 0 spiro atoms. The maximum Gasteiger partial charge on any atom is 0.162 e. The Morgan fingerprint density at radius 1 is 1.35 bits per heavy atom. The minimum atomic E-state index is -0.0382. The molecule has 1 rings (SSSR count). The van der Waals surface area contributed by atoms with E-state index in [1.807, 2.05) is 0 Å². The number of benzene rings is 1. The lowest BCUT2D eigenvalue weighted by Gasteiger charge is -2.18. The van der Waals surface area contributed by atoms with Crippen molar-refractivity contribution in [1.82, 2.24) is 0 Å². The van der Waals surface area contributed by atoms with Gasteiger partial charge >= 0.3 is 0 Å². The highest BCUT2D eigenvalue weighted by Crippen LogP contribution is 2.22. The first-order chi connectivity index (χ1) is 7.79. The van der Waals surface area contributed by atoms with Crippen LogP contribution in [0, 0.1) is 5.41 Å². The SMILES string of the molecule is CC(=O)c1cc(OCCC(C)(C)C)ccc1N. The van der Waals surface area contributed by atoms with Gasteiger partial charge in [-0.2, -0.15) is 0 Å². The Labute approximate surface area is 103 Å². The number of anilines is 1. The molecule has 0 amide bonds. The van der Waals surface area contributed by atoms with Crippen LogP contribution in [0.25, 0.3) is 0 Å². The van der Waals surface area contributed by atoms with Gasteiger partial charge in [-0.05, 0) is 37.0 Å². The highest BCUT2D eigenvalue weighted by molar-refractivity contribution is 5.99. The van der Waals surface area contributed by atoms with Crippen molar-refractivity contribution in [3.63, 3.8) is 0 Å². The van der Waals surface area contributed by atoms with Crippen molar-refractivity contribution in [3.05, 3.63) is 23.8 Å². The highest BCUT2D eigenvalue weighted by Gasteiger charge is 2.11. The third-order valence-corrected chi connectivity index (χ3v) is 2.52.